The van der Waals surface area contributed by atoms with Crippen molar-refractivity contribution >= 4 is 12.1 Å². The number of methoxy groups -OCH3 is 1. The van der Waals surface area contributed by atoms with Crippen molar-refractivity contribution in [2.75, 3.05) is 7.11 Å². The average Bonchev–Trinajstić information content (AvgIpc) is 2.49. The van der Waals surface area contributed by atoms with Crippen molar-refractivity contribution in [2.24, 2.45) is 5.10 Å². The van der Waals surface area contributed by atoms with Crippen molar-refractivity contribution < 1.29 is 14.6 Å². The van der Waals surface area contributed by atoms with E-state index in [2.05, 4.69) is 15.5 Å². The van der Waals surface area contributed by atoms with Crippen LogP contribution in [0.25, 0.3) is 0 Å². The second-order valence-electron chi connectivity index (χ2n) is 3.86. The molecule has 0 saturated carbocycles. The Labute approximate surface area is 115 Å². The van der Waals surface area contributed by atoms with Gasteiger partial charge in [-0.05, 0) is 24.3 Å². The summed E-state index contributed by atoms with van der Waals surface area (Å²) in [6.45, 7) is 0. The third kappa shape index (κ3) is 3.32. The minimum absolute atomic E-state index is 0.0197. The number of aromatic nitrogens is 1. The van der Waals surface area contributed by atoms with Gasteiger partial charge in [0.25, 0.3) is 5.91 Å². The molecule has 102 valence electrons. The monoisotopic (exact) mass is 271 g/mol. The number of benzene rings is 1. The number of nitrogens with zero attached hydrogens (tertiary/aromatic N) is 2. The number of hydrogen-bond acceptors (Lipinski definition) is 5. The molecule has 0 aliphatic rings. The second kappa shape index (κ2) is 6.33. The topological polar surface area (TPSA) is 83.8 Å². The lowest BCUT2D eigenvalue weighted by Gasteiger charge is -2.03. The maximum Gasteiger partial charge on any atom is 0.271 e. The fourth-order valence-electron chi connectivity index (χ4n) is 1.49. The molecule has 6 heteroatoms. The first-order valence-corrected chi connectivity index (χ1v) is 5.81. The highest BCUT2D eigenvalue weighted by Gasteiger charge is 2.03. The molecule has 2 N–H and O–H groups in total. The van der Waals surface area contributed by atoms with Gasteiger partial charge >= 0.3 is 0 Å². The molecule has 2 aromatic rings. The van der Waals surface area contributed by atoms with Crippen molar-refractivity contribution in [1.82, 2.24) is 10.4 Å². The van der Waals surface area contributed by atoms with E-state index < -0.39 is 0 Å². The van der Waals surface area contributed by atoms with Gasteiger partial charge in [-0.25, -0.2) is 5.43 Å². The SMILES string of the molecule is COc1ccc(/C=N/NC(=O)c2ccncc2)c(O)c1. The quantitative estimate of drug-likeness (QED) is 0.653. The van der Waals surface area contributed by atoms with Crippen LogP contribution in [-0.2, 0) is 0 Å². The summed E-state index contributed by atoms with van der Waals surface area (Å²) in [6, 6.07) is 7.94. The first-order valence-electron chi connectivity index (χ1n) is 5.81. The lowest BCUT2D eigenvalue weighted by Crippen LogP contribution is -2.17. The maximum absolute atomic E-state index is 11.7. The summed E-state index contributed by atoms with van der Waals surface area (Å²) < 4.78 is 4.97. The van der Waals surface area contributed by atoms with E-state index in [1.54, 1.807) is 24.3 Å². The summed E-state index contributed by atoms with van der Waals surface area (Å²) in [5.41, 5.74) is 3.29. The van der Waals surface area contributed by atoms with Crippen LogP contribution in [0, 0.1) is 0 Å². The molecule has 1 aromatic heterocycles. The molecule has 6 nitrogen and oxygen atoms in total. The first-order chi connectivity index (χ1) is 9.70. The van der Waals surface area contributed by atoms with Gasteiger partial charge in [0.1, 0.15) is 11.5 Å². The van der Waals surface area contributed by atoms with Crippen LogP contribution in [0.4, 0.5) is 0 Å². The number of carbonyl (C=O) groups excluding carboxylic acids is 1. The van der Waals surface area contributed by atoms with Crippen LogP contribution < -0.4 is 10.2 Å². The van der Waals surface area contributed by atoms with Crippen LogP contribution in [0.2, 0.25) is 0 Å². The fraction of sp³-hybridized carbons (Fsp3) is 0.0714. The Balaban J connectivity index is 2.02. The molecule has 1 heterocycles. The average molecular weight is 271 g/mol. The zero-order chi connectivity index (χ0) is 14.4. The molecule has 1 aromatic carbocycles. The van der Waals surface area contributed by atoms with Crippen molar-refractivity contribution in [3.63, 3.8) is 0 Å². The molecule has 0 fully saturated rings. The van der Waals surface area contributed by atoms with Gasteiger partial charge in [0.05, 0.1) is 13.3 Å². The third-order valence-electron chi connectivity index (χ3n) is 2.55. The number of ether oxygens (including phenoxy) is 1. The summed E-state index contributed by atoms with van der Waals surface area (Å²) in [4.78, 5) is 15.5. The van der Waals surface area contributed by atoms with Gasteiger partial charge in [-0.3, -0.25) is 9.78 Å². The van der Waals surface area contributed by atoms with Crippen LogP contribution in [0.15, 0.2) is 47.8 Å². The van der Waals surface area contributed by atoms with Crippen molar-refractivity contribution in [3.8, 4) is 11.5 Å². The van der Waals surface area contributed by atoms with Crippen LogP contribution in [-0.4, -0.2) is 29.3 Å². The van der Waals surface area contributed by atoms with E-state index in [0.29, 0.717) is 16.9 Å². The first kappa shape index (κ1) is 13.5. The molecule has 20 heavy (non-hydrogen) atoms. The van der Waals surface area contributed by atoms with Gasteiger partial charge in [0.15, 0.2) is 0 Å². The Kier molecular flexibility index (Phi) is 4.28. The largest absolute Gasteiger partial charge is 0.507 e. The number of phenols is 1. The number of carbonyl (C=O) groups is 1. The van der Waals surface area contributed by atoms with Gasteiger partial charge in [0.2, 0.25) is 0 Å². The number of rotatable bonds is 4. The Morgan fingerprint density at radius 3 is 2.75 bits per heavy atom. The molecule has 1 amide bonds. The van der Waals surface area contributed by atoms with Crippen LogP contribution in [0.5, 0.6) is 11.5 Å². The number of hydrazone groups is 1. The third-order valence-corrected chi connectivity index (χ3v) is 2.55. The Morgan fingerprint density at radius 1 is 1.35 bits per heavy atom. The van der Waals surface area contributed by atoms with E-state index in [9.17, 15) is 9.90 Å². The predicted octanol–water partition coefficient (Wildman–Crippen LogP) is 1.56. The van der Waals surface area contributed by atoms with E-state index in [1.807, 2.05) is 0 Å². The molecule has 0 aliphatic carbocycles. The summed E-state index contributed by atoms with van der Waals surface area (Å²) in [5.74, 6) is 0.211. The molecule has 0 aliphatic heterocycles. The molecule has 0 spiro atoms. The number of pyridine rings is 1. The normalized spacial score (nSPS) is 10.4. The minimum Gasteiger partial charge on any atom is -0.507 e. The van der Waals surface area contributed by atoms with Gasteiger partial charge in [-0.1, -0.05) is 0 Å². The maximum atomic E-state index is 11.7. The molecule has 0 radical (unpaired) electrons. The molecular formula is C14H13N3O3. The Bertz CT molecular complexity index is 627. The molecule has 2 rings (SSSR count). The highest BCUT2D eigenvalue weighted by molar-refractivity contribution is 5.94. The molecule has 0 bridgehead atoms. The van der Waals surface area contributed by atoms with Crippen molar-refractivity contribution in [2.45, 2.75) is 0 Å². The summed E-state index contributed by atoms with van der Waals surface area (Å²) in [6.07, 6.45) is 4.40. The predicted molar refractivity (Wildman–Crippen MR) is 74.0 cm³/mol. The molecule has 0 atom stereocenters. The Hall–Kier alpha value is -2.89. The van der Waals surface area contributed by atoms with E-state index >= 15 is 0 Å². The standard InChI is InChI=1S/C14H13N3O3/c1-20-12-3-2-11(13(18)8-12)9-16-17-14(19)10-4-6-15-7-5-10/h2-9,18H,1H3,(H,17,19)/b16-9+. The van der Waals surface area contributed by atoms with Gasteiger partial charge in [-0.15, -0.1) is 0 Å². The number of aromatic hydroxyl groups is 1. The number of phenolic OH excluding ortho intramolecular Hbond substituents is 1. The molecular weight excluding hydrogens is 258 g/mol. The van der Waals surface area contributed by atoms with Gasteiger partial charge < -0.3 is 9.84 Å². The van der Waals surface area contributed by atoms with Crippen molar-refractivity contribution in [3.05, 3.63) is 53.9 Å². The summed E-state index contributed by atoms with van der Waals surface area (Å²) >= 11 is 0. The highest BCUT2D eigenvalue weighted by Crippen LogP contribution is 2.21. The van der Waals surface area contributed by atoms with Crippen LogP contribution in [0.1, 0.15) is 15.9 Å². The second-order valence-corrected chi connectivity index (χ2v) is 3.86. The summed E-state index contributed by atoms with van der Waals surface area (Å²) in [7, 11) is 1.51. The summed E-state index contributed by atoms with van der Waals surface area (Å²) in [5, 5.41) is 13.5. The molecule has 0 saturated heterocycles. The molecule has 0 unspecified atom stereocenters. The van der Waals surface area contributed by atoms with E-state index in [4.69, 9.17) is 4.74 Å². The fourth-order valence-corrected chi connectivity index (χ4v) is 1.49. The van der Waals surface area contributed by atoms with E-state index in [-0.39, 0.29) is 11.7 Å². The van der Waals surface area contributed by atoms with Crippen LogP contribution >= 0.6 is 0 Å². The van der Waals surface area contributed by atoms with Gasteiger partial charge in [0, 0.05) is 29.6 Å². The lowest BCUT2D eigenvalue weighted by atomic mass is 10.2. The number of nitrogens with one attached hydrogen (secondary N) is 1. The smallest absolute Gasteiger partial charge is 0.271 e. The Morgan fingerprint density at radius 2 is 2.10 bits per heavy atom. The van der Waals surface area contributed by atoms with Gasteiger partial charge in [-0.2, -0.15) is 5.10 Å². The zero-order valence-corrected chi connectivity index (χ0v) is 10.8. The minimum atomic E-state index is -0.350. The zero-order valence-electron chi connectivity index (χ0n) is 10.8. The van der Waals surface area contributed by atoms with E-state index in [1.165, 1.54) is 31.8 Å². The highest BCUT2D eigenvalue weighted by atomic mass is 16.5. The number of hydrogen-bond donors (Lipinski definition) is 2. The number of amides is 1. The van der Waals surface area contributed by atoms with E-state index in [0.717, 1.165) is 0 Å². The van der Waals surface area contributed by atoms with Crippen molar-refractivity contribution in [1.29, 1.82) is 0 Å². The lowest BCUT2D eigenvalue weighted by molar-refractivity contribution is 0.0955. The van der Waals surface area contributed by atoms with Crippen LogP contribution in [0.3, 0.4) is 0 Å².